The highest BCUT2D eigenvalue weighted by atomic mass is 35.5. The van der Waals surface area contributed by atoms with Crippen LogP contribution in [-0.4, -0.2) is 57.1 Å². The second kappa shape index (κ2) is 12.7. The zero-order valence-electron chi connectivity index (χ0n) is 20.8. The maximum absolute atomic E-state index is 14.9. The predicted octanol–water partition coefficient (Wildman–Crippen LogP) is 5.23. The van der Waals surface area contributed by atoms with Crippen molar-refractivity contribution in [2.75, 3.05) is 50.7 Å². The van der Waals surface area contributed by atoms with Gasteiger partial charge in [0, 0.05) is 68.5 Å². The highest BCUT2D eigenvalue weighted by molar-refractivity contribution is 6.33. The standard InChI is InChI=1S/C27H35ClFN5O2/c1-35-13-10-31-19-2-4-20(5-3-19)34-26-15-22(24(28)16-32-26)23-14-21(6-7-25(23)29)33-18-27(17-30)8-11-36-12-9-27/h6-7,14-16,19-20,31,33H,2-5,8-13,18H2,1H3,(H,32,34)/t19-,20-. The number of nitriles is 1. The molecule has 1 aromatic heterocycles. The molecule has 2 aliphatic rings. The van der Waals surface area contributed by atoms with Crippen molar-refractivity contribution in [3.8, 4) is 17.2 Å². The summed E-state index contributed by atoms with van der Waals surface area (Å²) in [5.74, 6) is 0.330. The van der Waals surface area contributed by atoms with Crippen LogP contribution < -0.4 is 16.0 Å². The molecule has 194 valence electrons. The Morgan fingerprint density at radius 2 is 1.92 bits per heavy atom. The third-order valence-corrected chi connectivity index (χ3v) is 7.55. The molecule has 0 unspecified atom stereocenters. The molecule has 1 aliphatic carbocycles. The van der Waals surface area contributed by atoms with Gasteiger partial charge in [-0.05, 0) is 62.8 Å². The Kier molecular flexibility index (Phi) is 9.38. The summed E-state index contributed by atoms with van der Waals surface area (Å²) in [4.78, 5) is 4.45. The van der Waals surface area contributed by atoms with Gasteiger partial charge in [0.15, 0.2) is 0 Å². The summed E-state index contributed by atoms with van der Waals surface area (Å²) < 4.78 is 25.4. The van der Waals surface area contributed by atoms with Crippen LogP contribution in [0.15, 0.2) is 30.5 Å². The number of aromatic nitrogens is 1. The van der Waals surface area contributed by atoms with Crippen LogP contribution in [0.3, 0.4) is 0 Å². The fraction of sp³-hybridized carbons (Fsp3) is 0.556. The summed E-state index contributed by atoms with van der Waals surface area (Å²) in [7, 11) is 1.71. The van der Waals surface area contributed by atoms with Crippen molar-refractivity contribution >= 4 is 23.1 Å². The maximum Gasteiger partial charge on any atom is 0.131 e. The van der Waals surface area contributed by atoms with Gasteiger partial charge in [0.2, 0.25) is 0 Å². The van der Waals surface area contributed by atoms with E-state index in [1.807, 2.05) is 6.07 Å². The predicted molar refractivity (Wildman–Crippen MR) is 141 cm³/mol. The number of anilines is 2. The van der Waals surface area contributed by atoms with E-state index in [9.17, 15) is 9.65 Å². The number of methoxy groups -OCH3 is 1. The zero-order chi connectivity index (χ0) is 25.4. The van der Waals surface area contributed by atoms with Crippen molar-refractivity contribution in [1.29, 1.82) is 5.26 Å². The molecule has 7 nitrogen and oxygen atoms in total. The van der Waals surface area contributed by atoms with Gasteiger partial charge >= 0.3 is 0 Å². The summed E-state index contributed by atoms with van der Waals surface area (Å²) >= 11 is 6.47. The van der Waals surface area contributed by atoms with Crippen LogP contribution in [0.5, 0.6) is 0 Å². The first-order chi connectivity index (χ1) is 17.5. The number of hydrogen-bond acceptors (Lipinski definition) is 7. The highest BCUT2D eigenvalue weighted by Crippen LogP contribution is 2.35. The number of benzene rings is 1. The lowest BCUT2D eigenvalue weighted by Crippen LogP contribution is -2.38. The summed E-state index contributed by atoms with van der Waals surface area (Å²) in [6, 6.07) is 9.97. The summed E-state index contributed by atoms with van der Waals surface area (Å²) in [6.45, 7) is 3.23. The zero-order valence-corrected chi connectivity index (χ0v) is 21.5. The van der Waals surface area contributed by atoms with E-state index in [-0.39, 0.29) is 5.82 Å². The van der Waals surface area contributed by atoms with E-state index < -0.39 is 5.41 Å². The number of rotatable bonds is 10. The van der Waals surface area contributed by atoms with E-state index >= 15 is 0 Å². The summed E-state index contributed by atoms with van der Waals surface area (Å²) in [6.07, 6.45) is 7.17. The minimum Gasteiger partial charge on any atom is -0.383 e. The first-order valence-electron chi connectivity index (χ1n) is 12.7. The van der Waals surface area contributed by atoms with Crippen molar-refractivity contribution in [1.82, 2.24) is 10.3 Å². The normalized spacial score (nSPS) is 21.5. The van der Waals surface area contributed by atoms with Gasteiger partial charge in [0.1, 0.15) is 11.6 Å². The van der Waals surface area contributed by atoms with Crippen LogP contribution in [0.25, 0.3) is 11.1 Å². The molecule has 1 saturated heterocycles. The van der Waals surface area contributed by atoms with Crippen LogP contribution in [0.1, 0.15) is 38.5 Å². The lowest BCUT2D eigenvalue weighted by Gasteiger charge is -2.31. The second-order valence-electron chi connectivity index (χ2n) is 9.74. The molecule has 0 spiro atoms. The van der Waals surface area contributed by atoms with Crippen LogP contribution in [0, 0.1) is 22.6 Å². The summed E-state index contributed by atoms with van der Waals surface area (Å²) in [5.41, 5.74) is 1.26. The Hall–Kier alpha value is -2.44. The van der Waals surface area contributed by atoms with Crippen molar-refractivity contribution < 1.29 is 13.9 Å². The first kappa shape index (κ1) is 26.6. The molecule has 1 aliphatic heterocycles. The molecule has 2 fully saturated rings. The molecular formula is C27H35ClFN5O2. The second-order valence-corrected chi connectivity index (χ2v) is 10.1. The Morgan fingerprint density at radius 3 is 2.64 bits per heavy atom. The Balaban J connectivity index is 1.42. The van der Waals surface area contributed by atoms with E-state index in [0.717, 1.165) is 44.5 Å². The smallest absolute Gasteiger partial charge is 0.131 e. The van der Waals surface area contributed by atoms with Gasteiger partial charge < -0.3 is 25.4 Å². The Bertz CT molecular complexity index is 1050. The molecule has 0 bridgehead atoms. The van der Waals surface area contributed by atoms with Gasteiger partial charge in [0.05, 0.1) is 23.1 Å². The average Bonchev–Trinajstić information content (AvgIpc) is 2.91. The molecule has 1 saturated carbocycles. The largest absolute Gasteiger partial charge is 0.383 e. The van der Waals surface area contributed by atoms with Gasteiger partial charge in [-0.2, -0.15) is 5.26 Å². The van der Waals surface area contributed by atoms with Crippen LogP contribution in [0.2, 0.25) is 5.02 Å². The maximum atomic E-state index is 14.9. The number of nitrogens with one attached hydrogen (secondary N) is 3. The third kappa shape index (κ3) is 6.86. The highest BCUT2D eigenvalue weighted by Gasteiger charge is 2.32. The number of pyridine rings is 1. The van der Waals surface area contributed by atoms with E-state index in [1.165, 1.54) is 6.07 Å². The minimum atomic E-state index is -0.476. The molecule has 0 radical (unpaired) electrons. The number of halogens is 2. The first-order valence-corrected chi connectivity index (χ1v) is 13.1. The fourth-order valence-corrected chi connectivity index (χ4v) is 5.15. The lowest BCUT2D eigenvalue weighted by molar-refractivity contribution is 0.0456. The molecule has 0 amide bonds. The van der Waals surface area contributed by atoms with Crippen molar-refractivity contribution in [2.45, 2.75) is 50.6 Å². The molecule has 2 heterocycles. The Labute approximate surface area is 217 Å². The van der Waals surface area contributed by atoms with E-state index in [4.69, 9.17) is 21.1 Å². The third-order valence-electron chi connectivity index (χ3n) is 7.25. The van der Waals surface area contributed by atoms with Gasteiger partial charge in [-0.15, -0.1) is 0 Å². The molecule has 0 atom stereocenters. The topological polar surface area (TPSA) is 91.2 Å². The van der Waals surface area contributed by atoms with Crippen molar-refractivity contribution in [3.63, 3.8) is 0 Å². The monoisotopic (exact) mass is 515 g/mol. The molecule has 3 N–H and O–H groups in total. The minimum absolute atomic E-state index is 0.312. The number of hydrogen-bond donors (Lipinski definition) is 3. The van der Waals surface area contributed by atoms with Crippen LogP contribution in [0.4, 0.5) is 15.9 Å². The average molecular weight is 516 g/mol. The SMILES string of the molecule is COCCN[C@H]1CC[C@H](Nc2cc(-c3cc(NCC4(C#N)CCOCC4)ccc3F)c(Cl)cn2)CC1. The van der Waals surface area contributed by atoms with E-state index in [2.05, 4.69) is 27.0 Å². The quantitative estimate of drug-likeness (QED) is 0.373. The molecule has 9 heteroatoms. The van der Waals surface area contributed by atoms with Crippen LogP contribution >= 0.6 is 11.6 Å². The van der Waals surface area contributed by atoms with Crippen molar-refractivity contribution in [2.24, 2.45) is 5.41 Å². The van der Waals surface area contributed by atoms with Crippen LogP contribution in [-0.2, 0) is 9.47 Å². The molecular weight excluding hydrogens is 481 g/mol. The van der Waals surface area contributed by atoms with Gasteiger partial charge in [-0.25, -0.2) is 9.37 Å². The van der Waals surface area contributed by atoms with Gasteiger partial charge in [0.25, 0.3) is 0 Å². The number of nitrogens with zero attached hydrogens (tertiary/aromatic N) is 2. The van der Waals surface area contributed by atoms with Crippen molar-refractivity contribution in [3.05, 3.63) is 41.3 Å². The van der Waals surface area contributed by atoms with Gasteiger partial charge in [-0.3, -0.25) is 0 Å². The lowest BCUT2D eigenvalue weighted by atomic mass is 9.81. The molecule has 36 heavy (non-hydrogen) atoms. The van der Waals surface area contributed by atoms with Gasteiger partial charge in [-0.1, -0.05) is 11.6 Å². The molecule has 2 aromatic rings. The Morgan fingerprint density at radius 1 is 1.17 bits per heavy atom. The summed E-state index contributed by atoms with van der Waals surface area (Å²) in [5, 5.41) is 20.5. The van der Waals surface area contributed by atoms with E-state index in [0.29, 0.717) is 66.7 Å². The van der Waals surface area contributed by atoms with E-state index in [1.54, 1.807) is 25.4 Å². The molecule has 1 aromatic carbocycles. The molecule has 4 rings (SSSR count). The number of ether oxygens (including phenoxy) is 2. The fourth-order valence-electron chi connectivity index (χ4n) is 4.94.